The summed E-state index contributed by atoms with van der Waals surface area (Å²) in [6, 6.07) is 0. The van der Waals surface area contributed by atoms with E-state index in [-0.39, 0.29) is 0 Å². The molecular weight excluding hydrogens is 200 g/mol. The van der Waals surface area contributed by atoms with Crippen molar-refractivity contribution in [2.24, 2.45) is 11.8 Å². The summed E-state index contributed by atoms with van der Waals surface area (Å²) in [6.07, 6.45) is 8.92. The van der Waals surface area contributed by atoms with E-state index in [0.717, 1.165) is 31.3 Å². The van der Waals surface area contributed by atoms with Crippen LogP contribution in [0.5, 0.6) is 0 Å². The molecule has 2 nitrogen and oxygen atoms in total. The molecule has 0 aromatic heterocycles. The molecule has 2 heteroatoms. The van der Waals surface area contributed by atoms with Crippen molar-refractivity contribution in [3.8, 4) is 0 Å². The van der Waals surface area contributed by atoms with Crippen LogP contribution in [-0.2, 0) is 4.74 Å². The summed E-state index contributed by atoms with van der Waals surface area (Å²) in [4.78, 5) is 0. The van der Waals surface area contributed by atoms with E-state index >= 15 is 0 Å². The zero-order chi connectivity index (χ0) is 11.8. The minimum atomic E-state index is 0.294. The molecule has 96 valence electrons. The lowest BCUT2D eigenvalue weighted by Gasteiger charge is -2.34. The first-order valence-electron chi connectivity index (χ1n) is 7.00. The molecule has 1 aliphatic carbocycles. The fourth-order valence-corrected chi connectivity index (χ4v) is 2.75. The van der Waals surface area contributed by atoms with Crippen LogP contribution in [0.2, 0.25) is 0 Å². The van der Waals surface area contributed by atoms with Crippen LogP contribution < -0.4 is 0 Å². The van der Waals surface area contributed by atoms with Crippen LogP contribution in [0.15, 0.2) is 0 Å². The summed E-state index contributed by atoms with van der Waals surface area (Å²) in [6.45, 7) is 5.73. The van der Waals surface area contributed by atoms with E-state index in [2.05, 4.69) is 13.8 Å². The van der Waals surface area contributed by atoms with Gasteiger partial charge in [0.25, 0.3) is 0 Å². The molecule has 0 amide bonds. The van der Waals surface area contributed by atoms with E-state index in [0.29, 0.717) is 12.7 Å². The molecule has 0 aromatic rings. The van der Waals surface area contributed by atoms with Gasteiger partial charge in [0.2, 0.25) is 0 Å². The normalized spacial score (nSPS) is 30.6. The van der Waals surface area contributed by atoms with Gasteiger partial charge < -0.3 is 9.84 Å². The lowest BCUT2D eigenvalue weighted by Crippen LogP contribution is -2.31. The van der Waals surface area contributed by atoms with Crippen molar-refractivity contribution in [2.75, 3.05) is 13.2 Å². The Morgan fingerprint density at radius 1 is 1.25 bits per heavy atom. The molecule has 0 heterocycles. The molecule has 1 fully saturated rings. The van der Waals surface area contributed by atoms with Crippen molar-refractivity contribution in [1.29, 1.82) is 0 Å². The first kappa shape index (κ1) is 14.0. The Bertz CT molecular complexity index is 170. The Morgan fingerprint density at radius 3 is 2.75 bits per heavy atom. The van der Waals surface area contributed by atoms with Crippen LogP contribution in [0, 0.1) is 11.8 Å². The average molecular weight is 228 g/mol. The standard InChI is InChI=1S/C14H28O2/c1-3-6-13-8-7-12(2)11-14(13)16-10-5-4-9-15/h12-15H,3-11H2,1-2H3. The highest BCUT2D eigenvalue weighted by atomic mass is 16.5. The van der Waals surface area contributed by atoms with Crippen molar-refractivity contribution in [3.05, 3.63) is 0 Å². The number of unbranched alkanes of at least 4 members (excludes halogenated alkanes) is 1. The third-order valence-electron chi connectivity index (χ3n) is 3.73. The van der Waals surface area contributed by atoms with E-state index in [1.165, 1.54) is 32.1 Å². The highest BCUT2D eigenvalue weighted by molar-refractivity contribution is 4.79. The SMILES string of the molecule is CCCC1CCC(C)CC1OCCCCO. The third-order valence-corrected chi connectivity index (χ3v) is 3.73. The van der Waals surface area contributed by atoms with E-state index < -0.39 is 0 Å². The molecule has 0 bridgehead atoms. The van der Waals surface area contributed by atoms with Gasteiger partial charge in [-0.15, -0.1) is 0 Å². The summed E-state index contributed by atoms with van der Waals surface area (Å²) < 4.78 is 6.01. The molecule has 16 heavy (non-hydrogen) atoms. The van der Waals surface area contributed by atoms with Gasteiger partial charge in [0.1, 0.15) is 0 Å². The molecule has 0 radical (unpaired) electrons. The lowest BCUT2D eigenvalue weighted by molar-refractivity contribution is -0.0285. The maximum atomic E-state index is 8.73. The van der Waals surface area contributed by atoms with Gasteiger partial charge in [0.05, 0.1) is 6.10 Å². The summed E-state index contributed by atoms with van der Waals surface area (Å²) in [5, 5.41) is 8.73. The monoisotopic (exact) mass is 228 g/mol. The number of hydrogen-bond donors (Lipinski definition) is 1. The second-order valence-corrected chi connectivity index (χ2v) is 5.31. The molecule has 1 rings (SSSR count). The Hall–Kier alpha value is -0.0800. The van der Waals surface area contributed by atoms with E-state index in [1.807, 2.05) is 0 Å². The Kier molecular flexibility index (Phi) is 7.06. The first-order chi connectivity index (χ1) is 7.77. The summed E-state index contributed by atoms with van der Waals surface area (Å²) >= 11 is 0. The van der Waals surface area contributed by atoms with Gasteiger partial charge in [0.15, 0.2) is 0 Å². The van der Waals surface area contributed by atoms with Crippen LogP contribution in [0.3, 0.4) is 0 Å². The largest absolute Gasteiger partial charge is 0.396 e. The predicted molar refractivity (Wildman–Crippen MR) is 67.5 cm³/mol. The van der Waals surface area contributed by atoms with Gasteiger partial charge in [0, 0.05) is 13.2 Å². The zero-order valence-corrected chi connectivity index (χ0v) is 11.0. The van der Waals surface area contributed by atoms with Crippen LogP contribution in [-0.4, -0.2) is 24.4 Å². The van der Waals surface area contributed by atoms with Crippen LogP contribution >= 0.6 is 0 Å². The lowest BCUT2D eigenvalue weighted by atomic mass is 9.78. The molecule has 0 saturated heterocycles. The zero-order valence-electron chi connectivity index (χ0n) is 11.0. The van der Waals surface area contributed by atoms with Crippen molar-refractivity contribution in [1.82, 2.24) is 0 Å². The van der Waals surface area contributed by atoms with Crippen molar-refractivity contribution in [2.45, 2.75) is 64.9 Å². The molecule has 3 unspecified atom stereocenters. The van der Waals surface area contributed by atoms with Gasteiger partial charge in [-0.2, -0.15) is 0 Å². The molecule has 1 saturated carbocycles. The maximum Gasteiger partial charge on any atom is 0.0605 e. The molecule has 3 atom stereocenters. The van der Waals surface area contributed by atoms with Gasteiger partial charge in [-0.3, -0.25) is 0 Å². The third kappa shape index (κ3) is 4.84. The van der Waals surface area contributed by atoms with E-state index in [1.54, 1.807) is 0 Å². The second-order valence-electron chi connectivity index (χ2n) is 5.31. The highest BCUT2D eigenvalue weighted by Gasteiger charge is 2.28. The van der Waals surface area contributed by atoms with Gasteiger partial charge in [-0.25, -0.2) is 0 Å². The van der Waals surface area contributed by atoms with E-state index in [4.69, 9.17) is 9.84 Å². The minimum absolute atomic E-state index is 0.294. The summed E-state index contributed by atoms with van der Waals surface area (Å²) in [5.74, 6) is 1.62. The van der Waals surface area contributed by atoms with Crippen molar-refractivity contribution in [3.63, 3.8) is 0 Å². The fourth-order valence-electron chi connectivity index (χ4n) is 2.75. The number of ether oxygens (including phenoxy) is 1. The van der Waals surface area contributed by atoms with Crippen molar-refractivity contribution < 1.29 is 9.84 Å². The maximum absolute atomic E-state index is 8.73. The fraction of sp³-hybridized carbons (Fsp3) is 1.00. The molecule has 0 aromatic carbocycles. The second kappa shape index (κ2) is 8.08. The molecule has 1 aliphatic rings. The summed E-state index contributed by atoms with van der Waals surface area (Å²) in [5.41, 5.74) is 0. The Labute approximate surface area is 100 Å². The van der Waals surface area contributed by atoms with Crippen molar-refractivity contribution >= 4 is 0 Å². The predicted octanol–water partition coefficient (Wildman–Crippen LogP) is 3.38. The van der Waals surface area contributed by atoms with Crippen LogP contribution in [0.25, 0.3) is 0 Å². The highest BCUT2D eigenvalue weighted by Crippen LogP contribution is 2.33. The van der Waals surface area contributed by atoms with Gasteiger partial charge in [-0.05, 0) is 43.9 Å². The Balaban J connectivity index is 2.26. The van der Waals surface area contributed by atoms with Gasteiger partial charge >= 0.3 is 0 Å². The van der Waals surface area contributed by atoms with Crippen LogP contribution in [0.4, 0.5) is 0 Å². The van der Waals surface area contributed by atoms with Gasteiger partial charge in [-0.1, -0.05) is 26.7 Å². The smallest absolute Gasteiger partial charge is 0.0605 e. The minimum Gasteiger partial charge on any atom is -0.396 e. The van der Waals surface area contributed by atoms with E-state index in [9.17, 15) is 0 Å². The summed E-state index contributed by atoms with van der Waals surface area (Å²) in [7, 11) is 0. The number of rotatable bonds is 7. The number of hydrogen-bond acceptors (Lipinski definition) is 2. The topological polar surface area (TPSA) is 29.5 Å². The molecule has 0 spiro atoms. The van der Waals surface area contributed by atoms with Crippen LogP contribution in [0.1, 0.15) is 58.8 Å². The molecular formula is C14H28O2. The number of aliphatic hydroxyl groups is 1. The Morgan fingerprint density at radius 2 is 2.06 bits per heavy atom. The average Bonchev–Trinajstić information content (AvgIpc) is 2.28. The quantitative estimate of drug-likeness (QED) is 0.677. The molecule has 1 N–H and O–H groups in total. The number of aliphatic hydroxyl groups excluding tert-OH is 1. The molecule has 0 aliphatic heterocycles. The first-order valence-corrected chi connectivity index (χ1v) is 7.00.